The Morgan fingerprint density at radius 3 is 2.25 bits per heavy atom. The van der Waals surface area contributed by atoms with Crippen LogP contribution in [0.15, 0.2) is 78.5 Å². The van der Waals surface area contributed by atoms with E-state index in [-0.39, 0.29) is 11.8 Å². The van der Waals surface area contributed by atoms with Crippen molar-refractivity contribution in [1.29, 1.82) is 0 Å². The maximum Gasteiger partial charge on any atom is 0.282 e. The summed E-state index contributed by atoms with van der Waals surface area (Å²) in [4.78, 5) is 31.0. The number of nitrogens with zero attached hydrogens (tertiary/aromatic N) is 2. The second-order valence-electron chi connectivity index (χ2n) is 7.74. The van der Waals surface area contributed by atoms with Crippen molar-refractivity contribution in [1.82, 2.24) is 0 Å². The predicted octanol–water partition coefficient (Wildman–Crippen LogP) is 5.12. The van der Waals surface area contributed by atoms with Crippen LogP contribution in [-0.4, -0.2) is 25.5 Å². The van der Waals surface area contributed by atoms with Gasteiger partial charge in [-0.1, -0.05) is 48.5 Å². The molecule has 3 aromatic carbocycles. The zero-order valence-corrected chi connectivity index (χ0v) is 18.8. The lowest BCUT2D eigenvalue weighted by molar-refractivity contribution is -0.120. The van der Waals surface area contributed by atoms with Crippen molar-refractivity contribution >= 4 is 28.8 Å². The summed E-state index contributed by atoms with van der Waals surface area (Å²) in [6.45, 7) is 6.35. The number of imide groups is 1. The predicted molar refractivity (Wildman–Crippen MR) is 128 cm³/mol. The van der Waals surface area contributed by atoms with Crippen LogP contribution in [0, 0.1) is 13.8 Å². The second-order valence-corrected chi connectivity index (χ2v) is 7.74. The Bertz CT molecular complexity index is 1210. The van der Waals surface area contributed by atoms with Crippen LogP contribution in [0.1, 0.15) is 23.6 Å². The standard InChI is InChI=1S/C27H26N2O3/c1-5-28(20-11-7-6-8-12-20)25-24(21-13-9-10-14-23(21)32-4)26(30)29(27(25)31)22-17-18(2)15-16-19(22)3/h6-17H,5H2,1-4H3. The first kappa shape index (κ1) is 21.4. The molecule has 0 N–H and O–H groups in total. The second kappa shape index (κ2) is 8.71. The van der Waals surface area contributed by atoms with Gasteiger partial charge in [0, 0.05) is 17.8 Å². The van der Waals surface area contributed by atoms with Crippen molar-refractivity contribution in [3.05, 3.63) is 95.2 Å². The van der Waals surface area contributed by atoms with Crippen molar-refractivity contribution in [3.63, 3.8) is 0 Å². The fraction of sp³-hybridized carbons (Fsp3) is 0.185. The van der Waals surface area contributed by atoms with Gasteiger partial charge in [-0.05, 0) is 56.2 Å². The molecule has 3 aromatic rings. The molecule has 1 aliphatic rings. The van der Waals surface area contributed by atoms with Crippen LogP contribution in [-0.2, 0) is 9.59 Å². The van der Waals surface area contributed by atoms with Crippen LogP contribution < -0.4 is 14.5 Å². The van der Waals surface area contributed by atoms with E-state index in [0.29, 0.717) is 34.8 Å². The molecule has 0 aromatic heterocycles. The topological polar surface area (TPSA) is 49.9 Å². The van der Waals surface area contributed by atoms with Gasteiger partial charge in [0.05, 0.1) is 18.4 Å². The molecule has 5 nitrogen and oxygen atoms in total. The van der Waals surface area contributed by atoms with Gasteiger partial charge in [0.15, 0.2) is 0 Å². The van der Waals surface area contributed by atoms with E-state index in [9.17, 15) is 9.59 Å². The van der Waals surface area contributed by atoms with E-state index < -0.39 is 0 Å². The minimum Gasteiger partial charge on any atom is -0.496 e. The van der Waals surface area contributed by atoms with Crippen LogP contribution in [0.25, 0.3) is 5.57 Å². The number of amides is 2. The number of hydrogen-bond acceptors (Lipinski definition) is 4. The summed E-state index contributed by atoms with van der Waals surface area (Å²) in [7, 11) is 1.57. The van der Waals surface area contributed by atoms with E-state index in [1.807, 2.05) is 92.4 Å². The van der Waals surface area contributed by atoms with Gasteiger partial charge < -0.3 is 9.64 Å². The number of rotatable bonds is 6. The lowest BCUT2D eigenvalue weighted by Crippen LogP contribution is -2.35. The summed E-state index contributed by atoms with van der Waals surface area (Å²) in [6, 6.07) is 22.8. The van der Waals surface area contributed by atoms with E-state index in [0.717, 1.165) is 16.8 Å². The van der Waals surface area contributed by atoms with Crippen LogP contribution in [0.3, 0.4) is 0 Å². The molecule has 0 unspecified atom stereocenters. The molecular weight excluding hydrogens is 400 g/mol. The number of hydrogen-bond donors (Lipinski definition) is 0. The first-order chi connectivity index (χ1) is 15.5. The highest BCUT2D eigenvalue weighted by Crippen LogP contribution is 2.40. The normalized spacial score (nSPS) is 13.7. The highest BCUT2D eigenvalue weighted by Gasteiger charge is 2.43. The van der Waals surface area contributed by atoms with Gasteiger partial charge >= 0.3 is 0 Å². The van der Waals surface area contributed by atoms with Crippen molar-refractivity contribution in [3.8, 4) is 5.75 Å². The number of aryl methyl sites for hydroxylation is 2. The smallest absolute Gasteiger partial charge is 0.282 e. The molecular formula is C27H26N2O3. The van der Waals surface area contributed by atoms with Gasteiger partial charge in [-0.25, -0.2) is 4.90 Å². The Labute approximate surface area is 188 Å². The van der Waals surface area contributed by atoms with Crippen molar-refractivity contribution in [2.75, 3.05) is 23.5 Å². The fourth-order valence-corrected chi connectivity index (χ4v) is 4.12. The quantitative estimate of drug-likeness (QED) is 0.513. The molecule has 0 spiro atoms. The highest BCUT2D eigenvalue weighted by atomic mass is 16.5. The molecule has 2 amide bonds. The number of benzene rings is 3. The molecule has 32 heavy (non-hydrogen) atoms. The molecule has 0 radical (unpaired) electrons. The van der Waals surface area contributed by atoms with E-state index in [1.54, 1.807) is 13.2 Å². The summed E-state index contributed by atoms with van der Waals surface area (Å²) >= 11 is 0. The first-order valence-electron chi connectivity index (χ1n) is 10.6. The first-order valence-corrected chi connectivity index (χ1v) is 10.6. The van der Waals surface area contributed by atoms with Crippen LogP contribution >= 0.6 is 0 Å². The monoisotopic (exact) mass is 426 g/mol. The summed E-state index contributed by atoms with van der Waals surface area (Å²) in [5.41, 5.74) is 4.60. The van der Waals surface area contributed by atoms with Gasteiger partial charge in [-0.2, -0.15) is 0 Å². The number of ether oxygens (including phenoxy) is 1. The Balaban J connectivity index is 1.97. The Morgan fingerprint density at radius 1 is 0.875 bits per heavy atom. The fourth-order valence-electron chi connectivity index (χ4n) is 4.12. The van der Waals surface area contributed by atoms with Gasteiger partial charge in [0.1, 0.15) is 11.4 Å². The average Bonchev–Trinajstić information content (AvgIpc) is 3.06. The summed E-state index contributed by atoms with van der Waals surface area (Å²) in [5, 5.41) is 0. The Morgan fingerprint density at radius 2 is 1.56 bits per heavy atom. The van der Waals surface area contributed by atoms with Crippen molar-refractivity contribution in [2.24, 2.45) is 0 Å². The number of carbonyl (C=O) groups excluding carboxylic acids is 2. The van der Waals surface area contributed by atoms with Gasteiger partial charge in [0.25, 0.3) is 11.8 Å². The number of carbonyl (C=O) groups is 2. The van der Waals surface area contributed by atoms with E-state index in [4.69, 9.17) is 4.74 Å². The molecule has 0 fully saturated rings. The molecule has 0 saturated carbocycles. The molecule has 0 aliphatic carbocycles. The van der Waals surface area contributed by atoms with E-state index in [1.165, 1.54) is 4.90 Å². The summed E-state index contributed by atoms with van der Waals surface area (Å²) in [6.07, 6.45) is 0. The van der Waals surface area contributed by atoms with Crippen molar-refractivity contribution < 1.29 is 14.3 Å². The van der Waals surface area contributed by atoms with Gasteiger partial charge in [-0.15, -0.1) is 0 Å². The van der Waals surface area contributed by atoms with Crippen LogP contribution in [0.4, 0.5) is 11.4 Å². The molecule has 1 heterocycles. The maximum atomic E-state index is 13.9. The minimum absolute atomic E-state index is 0.338. The van der Waals surface area contributed by atoms with Crippen molar-refractivity contribution in [2.45, 2.75) is 20.8 Å². The van der Waals surface area contributed by atoms with Crippen LogP contribution in [0.2, 0.25) is 0 Å². The molecule has 0 bridgehead atoms. The molecule has 4 rings (SSSR count). The third-order valence-corrected chi connectivity index (χ3v) is 5.70. The molecule has 0 atom stereocenters. The molecule has 1 aliphatic heterocycles. The van der Waals surface area contributed by atoms with Crippen LogP contribution in [0.5, 0.6) is 5.75 Å². The highest BCUT2D eigenvalue weighted by molar-refractivity contribution is 6.46. The minimum atomic E-state index is -0.349. The number of likely N-dealkylation sites (N-methyl/N-ethyl adjacent to an activating group) is 1. The molecule has 162 valence electrons. The molecule has 5 heteroatoms. The van der Waals surface area contributed by atoms with E-state index in [2.05, 4.69) is 0 Å². The van der Waals surface area contributed by atoms with E-state index >= 15 is 0 Å². The number of anilines is 2. The van der Waals surface area contributed by atoms with Gasteiger partial charge in [0.2, 0.25) is 0 Å². The zero-order chi connectivity index (χ0) is 22.8. The Hall–Kier alpha value is -3.86. The molecule has 0 saturated heterocycles. The van der Waals surface area contributed by atoms with Gasteiger partial charge in [-0.3, -0.25) is 9.59 Å². The largest absolute Gasteiger partial charge is 0.496 e. The lowest BCUT2D eigenvalue weighted by atomic mass is 10.0. The average molecular weight is 427 g/mol. The zero-order valence-electron chi connectivity index (χ0n) is 18.8. The summed E-state index contributed by atoms with van der Waals surface area (Å²) < 4.78 is 5.56. The number of para-hydroxylation sites is 2. The maximum absolute atomic E-state index is 13.9. The lowest BCUT2D eigenvalue weighted by Gasteiger charge is -2.25. The Kier molecular flexibility index (Phi) is 5.82. The third kappa shape index (κ3) is 3.56. The SMILES string of the molecule is CCN(C1=C(c2ccccc2OC)C(=O)N(c2cc(C)ccc2C)C1=O)c1ccccc1. The number of methoxy groups -OCH3 is 1. The third-order valence-electron chi connectivity index (χ3n) is 5.70. The summed E-state index contributed by atoms with van der Waals surface area (Å²) in [5.74, 6) is -0.138.